The highest BCUT2D eigenvalue weighted by Crippen LogP contribution is 2.18. The van der Waals surface area contributed by atoms with Crippen LogP contribution in [0.3, 0.4) is 0 Å². The van der Waals surface area contributed by atoms with Crippen molar-refractivity contribution >= 4 is 29.1 Å². The zero-order valence-corrected chi connectivity index (χ0v) is 12.3. The predicted octanol–water partition coefficient (Wildman–Crippen LogP) is 4.11. The Morgan fingerprint density at radius 1 is 1.22 bits per heavy atom. The molecule has 0 saturated heterocycles. The molecule has 1 atom stereocenters. The molecule has 1 aromatic carbocycles. The number of nitrogens with one attached hydrogen (secondary N) is 1. The molecule has 1 unspecified atom stereocenters. The SMILES string of the molecule is CCC(CC)C(Cl)CNC(=O)c1ccc(Cl)cc1. The third-order valence-electron chi connectivity index (χ3n) is 3.12. The Hall–Kier alpha value is -0.730. The van der Waals surface area contributed by atoms with Gasteiger partial charge in [0.15, 0.2) is 0 Å². The molecule has 1 N–H and O–H groups in total. The number of carbonyl (C=O) groups excluding carboxylic acids is 1. The summed E-state index contributed by atoms with van der Waals surface area (Å²) >= 11 is 12.0. The van der Waals surface area contributed by atoms with Crippen molar-refractivity contribution in [3.8, 4) is 0 Å². The first-order valence-corrected chi connectivity index (χ1v) is 7.07. The first-order chi connectivity index (χ1) is 8.58. The maximum absolute atomic E-state index is 11.8. The van der Waals surface area contributed by atoms with Gasteiger partial charge in [-0.05, 0) is 30.2 Å². The average Bonchev–Trinajstić information content (AvgIpc) is 2.38. The van der Waals surface area contributed by atoms with E-state index < -0.39 is 0 Å². The molecule has 100 valence electrons. The Bertz CT molecular complexity index is 374. The van der Waals surface area contributed by atoms with Crippen LogP contribution < -0.4 is 5.32 Å². The van der Waals surface area contributed by atoms with E-state index in [2.05, 4.69) is 19.2 Å². The highest BCUT2D eigenvalue weighted by atomic mass is 35.5. The minimum atomic E-state index is -0.108. The molecule has 0 saturated carbocycles. The van der Waals surface area contributed by atoms with E-state index in [0.29, 0.717) is 23.0 Å². The number of amides is 1. The fourth-order valence-corrected chi connectivity index (χ4v) is 2.42. The minimum absolute atomic E-state index is 0.0174. The number of halogens is 2. The summed E-state index contributed by atoms with van der Waals surface area (Å²) in [6, 6.07) is 6.82. The van der Waals surface area contributed by atoms with Gasteiger partial charge in [0.2, 0.25) is 0 Å². The van der Waals surface area contributed by atoms with Crippen molar-refractivity contribution in [1.29, 1.82) is 0 Å². The number of hydrogen-bond acceptors (Lipinski definition) is 1. The Balaban J connectivity index is 2.48. The molecule has 0 fully saturated rings. The van der Waals surface area contributed by atoms with Gasteiger partial charge in [0.25, 0.3) is 5.91 Å². The zero-order chi connectivity index (χ0) is 13.5. The first kappa shape index (κ1) is 15.3. The monoisotopic (exact) mass is 287 g/mol. The highest BCUT2D eigenvalue weighted by molar-refractivity contribution is 6.30. The minimum Gasteiger partial charge on any atom is -0.351 e. The maximum Gasteiger partial charge on any atom is 0.251 e. The van der Waals surface area contributed by atoms with E-state index in [1.54, 1.807) is 24.3 Å². The van der Waals surface area contributed by atoms with Gasteiger partial charge >= 0.3 is 0 Å². The molecule has 0 aliphatic heterocycles. The van der Waals surface area contributed by atoms with E-state index in [1.807, 2.05) is 0 Å². The summed E-state index contributed by atoms with van der Waals surface area (Å²) in [5.41, 5.74) is 0.604. The molecule has 0 spiro atoms. The summed E-state index contributed by atoms with van der Waals surface area (Å²) in [5.74, 6) is 0.334. The number of benzene rings is 1. The van der Waals surface area contributed by atoms with Gasteiger partial charge in [-0.2, -0.15) is 0 Å². The number of carbonyl (C=O) groups is 1. The van der Waals surface area contributed by atoms with Gasteiger partial charge in [-0.1, -0.05) is 38.3 Å². The lowest BCUT2D eigenvalue weighted by atomic mass is 9.99. The lowest BCUT2D eigenvalue weighted by molar-refractivity contribution is 0.0951. The van der Waals surface area contributed by atoms with Gasteiger partial charge in [0.05, 0.1) is 5.38 Å². The molecule has 18 heavy (non-hydrogen) atoms. The van der Waals surface area contributed by atoms with Crippen LogP contribution in [0.15, 0.2) is 24.3 Å². The standard InChI is InChI=1S/C14H19Cl2NO/c1-3-10(4-2)13(16)9-17-14(18)11-5-7-12(15)8-6-11/h5-8,10,13H,3-4,9H2,1-2H3,(H,17,18). The van der Waals surface area contributed by atoms with Crippen molar-refractivity contribution in [3.05, 3.63) is 34.9 Å². The van der Waals surface area contributed by atoms with Gasteiger partial charge < -0.3 is 5.32 Å². The summed E-state index contributed by atoms with van der Waals surface area (Å²) in [5, 5.41) is 3.46. The lowest BCUT2D eigenvalue weighted by Crippen LogP contribution is -2.33. The molecule has 0 heterocycles. The Kier molecular flexibility index (Phi) is 6.51. The lowest BCUT2D eigenvalue weighted by Gasteiger charge is -2.19. The second-order valence-electron chi connectivity index (χ2n) is 4.31. The third-order valence-corrected chi connectivity index (χ3v) is 3.89. The molecule has 0 bridgehead atoms. The molecule has 1 rings (SSSR count). The van der Waals surface area contributed by atoms with Crippen molar-refractivity contribution in [1.82, 2.24) is 5.32 Å². The van der Waals surface area contributed by atoms with Gasteiger partial charge in [0, 0.05) is 17.1 Å². The van der Waals surface area contributed by atoms with Crippen molar-refractivity contribution in [2.24, 2.45) is 5.92 Å². The normalized spacial score (nSPS) is 12.5. The molecule has 0 aliphatic carbocycles. The van der Waals surface area contributed by atoms with Crippen LogP contribution >= 0.6 is 23.2 Å². The molecule has 0 aromatic heterocycles. The summed E-state index contributed by atoms with van der Waals surface area (Å²) in [4.78, 5) is 11.8. The largest absolute Gasteiger partial charge is 0.351 e. The van der Waals surface area contributed by atoms with E-state index in [0.717, 1.165) is 12.8 Å². The van der Waals surface area contributed by atoms with Crippen molar-refractivity contribution in [2.75, 3.05) is 6.54 Å². The molecular weight excluding hydrogens is 269 g/mol. The predicted molar refractivity (Wildman–Crippen MR) is 77.5 cm³/mol. The Morgan fingerprint density at radius 2 is 1.78 bits per heavy atom. The van der Waals surface area contributed by atoms with Gasteiger partial charge in [-0.15, -0.1) is 11.6 Å². The van der Waals surface area contributed by atoms with E-state index in [4.69, 9.17) is 23.2 Å². The van der Waals surface area contributed by atoms with Gasteiger partial charge in [0.1, 0.15) is 0 Å². The second kappa shape index (κ2) is 7.65. The fourth-order valence-electron chi connectivity index (χ4n) is 1.86. The molecule has 0 aliphatic rings. The highest BCUT2D eigenvalue weighted by Gasteiger charge is 2.16. The molecular formula is C14H19Cl2NO. The molecule has 4 heteroatoms. The average molecular weight is 288 g/mol. The van der Waals surface area contributed by atoms with Crippen LogP contribution in [0.2, 0.25) is 5.02 Å². The van der Waals surface area contributed by atoms with Gasteiger partial charge in [-0.3, -0.25) is 4.79 Å². The van der Waals surface area contributed by atoms with Crippen LogP contribution in [0, 0.1) is 5.92 Å². The maximum atomic E-state index is 11.8. The topological polar surface area (TPSA) is 29.1 Å². The van der Waals surface area contributed by atoms with E-state index in [9.17, 15) is 4.79 Å². The third kappa shape index (κ3) is 4.51. The van der Waals surface area contributed by atoms with Crippen LogP contribution in [0.1, 0.15) is 37.0 Å². The molecule has 2 nitrogen and oxygen atoms in total. The summed E-state index contributed by atoms with van der Waals surface area (Å²) in [7, 11) is 0. The number of rotatable bonds is 6. The number of hydrogen-bond donors (Lipinski definition) is 1. The summed E-state index contributed by atoms with van der Waals surface area (Å²) in [6.45, 7) is 4.73. The summed E-state index contributed by atoms with van der Waals surface area (Å²) < 4.78 is 0. The first-order valence-electron chi connectivity index (χ1n) is 6.26. The van der Waals surface area contributed by atoms with E-state index in [-0.39, 0.29) is 11.3 Å². The van der Waals surface area contributed by atoms with Crippen molar-refractivity contribution in [2.45, 2.75) is 32.1 Å². The fraction of sp³-hybridized carbons (Fsp3) is 0.500. The second-order valence-corrected chi connectivity index (χ2v) is 5.31. The van der Waals surface area contributed by atoms with E-state index >= 15 is 0 Å². The molecule has 0 radical (unpaired) electrons. The van der Waals surface area contributed by atoms with Crippen LogP contribution in [0.5, 0.6) is 0 Å². The number of alkyl halides is 1. The molecule has 1 aromatic rings. The van der Waals surface area contributed by atoms with Crippen LogP contribution in [-0.4, -0.2) is 17.8 Å². The van der Waals surface area contributed by atoms with Crippen LogP contribution in [-0.2, 0) is 0 Å². The Labute approximate surface area is 119 Å². The van der Waals surface area contributed by atoms with E-state index in [1.165, 1.54) is 0 Å². The zero-order valence-electron chi connectivity index (χ0n) is 10.7. The molecule has 1 amide bonds. The quantitative estimate of drug-likeness (QED) is 0.784. The summed E-state index contributed by atoms with van der Waals surface area (Å²) in [6.07, 6.45) is 2.06. The smallest absolute Gasteiger partial charge is 0.251 e. The van der Waals surface area contributed by atoms with Crippen molar-refractivity contribution < 1.29 is 4.79 Å². The van der Waals surface area contributed by atoms with Crippen molar-refractivity contribution in [3.63, 3.8) is 0 Å². The van der Waals surface area contributed by atoms with Crippen LogP contribution in [0.4, 0.5) is 0 Å². The van der Waals surface area contributed by atoms with Gasteiger partial charge in [-0.25, -0.2) is 0 Å². The Morgan fingerprint density at radius 3 is 2.28 bits per heavy atom. The van der Waals surface area contributed by atoms with Crippen LogP contribution in [0.25, 0.3) is 0 Å².